The molecule has 0 bridgehead atoms. The van der Waals surface area contributed by atoms with E-state index >= 15 is 0 Å². The fourth-order valence-electron chi connectivity index (χ4n) is 4.39. The lowest BCUT2D eigenvalue weighted by Crippen LogP contribution is -2.12. The number of aryl methyl sites for hydroxylation is 1. The monoisotopic (exact) mass is 579 g/mol. The number of fused-ring (bicyclic) bond motifs is 2. The molecule has 11 nitrogen and oxygen atoms in total. The predicted molar refractivity (Wildman–Crippen MR) is 168 cm³/mol. The number of nitrogens with one attached hydrogen (secondary N) is 4. The fraction of sp³-hybridized carbons (Fsp3) is 0.188. The zero-order valence-corrected chi connectivity index (χ0v) is 24.8. The first-order valence-corrected chi connectivity index (χ1v) is 13.6. The number of aromatic amines is 2. The maximum Gasteiger partial charge on any atom is 0.323 e. The third kappa shape index (κ3) is 6.60. The lowest BCUT2D eigenvalue weighted by Gasteiger charge is -2.12. The van der Waals surface area contributed by atoms with Gasteiger partial charge in [0, 0.05) is 16.8 Å². The molecule has 0 spiro atoms. The molecule has 43 heavy (non-hydrogen) atoms. The van der Waals surface area contributed by atoms with Crippen LogP contribution in [-0.4, -0.2) is 32.6 Å². The van der Waals surface area contributed by atoms with Crippen molar-refractivity contribution in [2.24, 2.45) is 0 Å². The summed E-state index contributed by atoms with van der Waals surface area (Å²) in [5.41, 5.74) is 4.73. The summed E-state index contributed by atoms with van der Waals surface area (Å²) in [6, 6.07) is 14.5. The molecule has 0 aliphatic heterocycles. The maximum atomic E-state index is 13.1. The van der Waals surface area contributed by atoms with Gasteiger partial charge in [0.25, 0.3) is 5.91 Å². The minimum absolute atomic E-state index is 0.342. The topological polar surface area (TPSA) is 149 Å². The molecule has 5 rings (SSSR count). The number of nitriles is 1. The number of imidazole rings is 1. The van der Waals surface area contributed by atoms with E-state index in [2.05, 4.69) is 31.8 Å². The highest BCUT2D eigenvalue weighted by Crippen LogP contribution is 2.32. The first-order valence-electron chi connectivity index (χ1n) is 13.6. The zero-order valence-electron chi connectivity index (χ0n) is 24.8. The summed E-state index contributed by atoms with van der Waals surface area (Å²) < 4.78 is 12.9. The van der Waals surface area contributed by atoms with Gasteiger partial charge in [-0.15, -0.1) is 0 Å². The number of benzene rings is 2. The molecule has 0 fully saturated rings. The van der Waals surface area contributed by atoms with Crippen LogP contribution in [0.15, 0.2) is 83.3 Å². The number of H-pyrrole nitrogens is 2. The summed E-state index contributed by atoms with van der Waals surface area (Å²) in [7, 11) is 1.59. The van der Waals surface area contributed by atoms with Gasteiger partial charge in [0.2, 0.25) is 0 Å². The van der Waals surface area contributed by atoms with Gasteiger partial charge in [-0.25, -0.2) is 9.31 Å². The second-order valence-corrected chi connectivity index (χ2v) is 9.30. The highest BCUT2D eigenvalue weighted by molar-refractivity contribution is 6.07. The van der Waals surface area contributed by atoms with Gasteiger partial charge >= 0.3 is 5.69 Å². The highest BCUT2D eigenvalue weighted by atomic mass is 16.5. The van der Waals surface area contributed by atoms with Crippen LogP contribution in [0.3, 0.4) is 0 Å². The molecule has 4 N–H and O–H groups in total. The largest absolute Gasteiger partial charge is 0.493 e. The van der Waals surface area contributed by atoms with E-state index in [1.807, 2.05) is 71.0 Å². The number of rotatable bonds is 8. The molecule has 0 saturated heterocycles. The van der Waals surface area contributed by atoms with Crippen molar-refractivity contribution in [2.75, 3.05) is 17.7 Å². The smallest absolute Gasteiger partial charge is 0.323 e. The molecule has 220 valence electrons. The fourth-order valence-corrected chi connectivity index (χ4v) is 4.39. The van der Waals surface area contributed by atoms with E-state index < -0.39 is 0 Å². The number of carbonyl (C=O) groups excluding carboxylic acids is 1. The Hall–Kier alpha value is -5.76. The van der Waals surface area contributed by atoms with E-state index in [1.54, 1.807) is 36.0 Å². The number of aromatic nitrogens is 4. The predicted octanol–water partition coefficient (Wildman–Crippen LogP) is 6.27. The number of para-hydroxylation sites is 2. The average molecular weight is 580 g/mol. The number of anilines is 2. The van der Waals surface area contributed by atoms with Crippen LogP contribution in [0.1, 0.15) is 49.2 Å². The summed E-state index contributed by atoms with van der Waals surface area (Å²) >= 11 is 0. The van der Waals surface area contributed by atoms with Gasteiger partial charge in [-0.3, -0.25) is 4.79 Å². The molecule has 11 heteroatoms. The van der Waals surface area contributed by atoms with E-state index in [0.29, 0.717) is 56.3 Å². The van der Waals surface area contributed by atoms with Gasteiger partial charge in [0.15, 0.2) is 11.5 Å². The number of methoxy groups -OCH3 is 1. The van der Waals surface area contributed by atoms with Crippen molar-refractivity contribution in [3.8, 4) is 17.6 Å². The Morgan fingerprint density at radius 2 is 1.77 bits per heavy atom. The van der Waals surface area contributed by atoms with E-state index in [9.17, 15) is 14.9 Å². The molecule has 3 aromatic heterocycles. The van der Waals surface area contributed by atoms with Gasteiger partial charge in [-0.2, -0.15) is 10.4 Å². The molecule has 0 aliphatic rings. The van der Waals surface area contributed by atoms with Crippen LogP contribution in [0.2, 0.25) is 0 Å². The van der Waals surface area contributed by atoms with Gasteiger partial charge in [-0.05, 0) is 63.3 Å². The van der Waals surface area contributed by atoms with Gasteiger partial charge in [0.1, 0.15) is 11.8 Å². The Labute approximate surface area is 248 Å². The minimum atomic E-state index is -0.352. The van der Waals surface area contributed by atoms with E-state index in [-0.39, 0.29) is 11.6 Å². The molecule has 2 aromatic carbocycles. The first kappa shape index (κ1) is 30.2. The van der Waals surface area contributed by atoms with Crippen LogP contribution in [0, 0.1) is 18.3 Å². The Balaban J connectivity index is 0.00000207. The number of allylic oxidation sites excluding steroid dienone is 4. The van der Waals surface area contributed by atoms with E-state index in [0.717, 1.165) is 11.3 Å². The molecule has 0 atom stereocenters. The van der Waals surface area contributed by atoms with Crippen molar-refractivity contribution >= 4 is 33.8 Å². The van der Waals surface area contributed by atoms with Gasteiger partial charge in [-0.1, -0.05) is 26.0 Å². The van der Waals surface area contributed by atoms with Crippen LogP contribution < -0.4 is 25.8 Å². The van der Waals surface area contributed by atoms with Crippen LogP contribution in [0.5, 0.6) is 11.5 Å². The molecule has 0 saturated carbocycles. The quantitative estimate of drug-likeness (QED) is 0.125. The molecule has 3 heterocycles. The van der Waals surface area contributed by atoms with Gasteiger partial charge in [0.05, 0.1) is 53.0 Å². The number of ether oxygens (including phenoxy) is 2. The Morgan fingerprint density at radius 3 is 2.49 bits per heavy atom. The lowest BCUT2D eigenvalue weighted by atomic mass is 10.1. The third-order valence-electron chi connectivity index (χ3n) is 6.43. The average Bonchev–Trinajstić information content (AvgIpc) is 3.55. The number of nitrogens with zero attached hydrogens (tertiary/aromatic N) is 3. The van der Waals surface area contributed by atoms with Crippen molar-refractivity contribution in [1.29, 1.82) is 5.26 Å². The molecular formula is C32H33N7O4. The summed E-state index contributed by atoms with van der Waals surface area (Å²) in [6.07, 6.45) is 6.81. The SMILES string of the molecule is CC.COc1ccccc1O/C(C)=C/C=C(\C)Nc1c(C#N)cnn2cc(NC(=O)c3ccc4[nH]c(=O)[nH]c4c3)c(C)c12. The molecular weight excluding hydrogens is 546 g/mol. The second kappa shape index (κ2) is 13.3. The van der Waals surface area contributed by atoms with E-state index in [4.69, 9.17) is 9.47 Å². The van der Waals surface area contributed by atoms with Crippen LogP contribution in [-0.2, 0) is 0 Å². The van der Waals surface area contributed by atoms with Crippen molar-refractivity contribution in [3.63, 3.8) is 0 Å². The Kier molecular flexibility index (Phi) is 9.32. The van der Waals surface area contributed by atoms with Crippen molar-refractivity contribution < 1.29 is 14.3 Å². The van der Waals surface area contributed by atoms with E-state index in [1.165, 1.54) is 6.20 Å². The molecule has 1 amide bonds. The van der Waals surface area contributed by atoms with Crippen molar-refractivity contribution in [3.05, 3.63) is 106 Å². The number of carbonyl (C=O) groups is 1. The lowest BCUT2D eigenvalue weighted by molar-refractivity contribution is 0.102. The van der Waals surface area contributed by atoms with Crippen LogP contribution in [0.4, 0.5) is 11.4 Å². The highest BCUT2D eigenvalue weighted by Gasteiger charge is 2.18. The first-order chi connectivity index (χ1) is 20.8. The van der Waals surface area contributed by atoms with Crippen molar-refractivity contribution in [1.82, 2.24) is 19.6 Å². The summed E-state index contributed by atoms with van der Waals surface area (Å²) in [6.45, 7) is 9.54. The summed E-state index contributed by atoms with van der Waals surface area (Å²) in [4.78, 5) is 29.9. The number of hydrogen-bond acceptors (Lipinski definition) is 7. The Morgan fingerprint density at radius 1 is 1.05 bits per heavy atom. The molecule has 0 radical (unpaired) electrons. The molecule has 0 aliphatic carbocycles. The maximum absolute atomic E-state index is 13.1. The number of hydrogen-bond donors (Lipinski definition) is 4. The van der Waals surface area contributed by atoms with Gasteiger partial charge < -0.3 is 30.1 Å². The summed E-state index contributed by atoms with van der Waals surface area (Å²) in [5, 5.41) is 20.4. The molecule has 5 aromatic rings. The van der Waals surface area contributed by atoms with Crippen LogP contribution >= 0.6 is 0 Å². The normalized spacial score (nSPS) is 11.5. The minimum Gasteiger partial charge on any atom is -0.493 e. The number of amides is 1. The summed E-state index contributed by atoms with van der Waals surface area (Å²) in [5.74, 6) is 1.52. The second-order valence-electron chi connectivity index (χ2n) is 9.30. The third-order valence-corrected chi connectivity index (χ3v) is 6.43. The standard InChI is InChI=1S/C30H27N7O4.C2H6/c1-17(9-10-18(2)41-26-8-6-5-7-25(26)40-4)33-27-21(14-31)15-32-37-16-24(19(3)28(27)37)34-29(38)20-11-12-22-23(13-20)36-30(39)35-22;1-2/h5-13,15-16,33H,1-4H3,(H,34,38)(H2,35,36,39);1-2H3/b17-9+,18-10+;. The Bertz CT molecular complexity index is 1950. The zero-order chi connectivity index (χ0) is 31.1. The van der Waals surface area contributed by atoms with Crippen LogP contribution in [0.25, 0.3) is 16.6 Å². The van der Waals surface area contributed by atoms with Crippen molar-refractivity contribution in [2.45, 2.75) is 34.6 Å². The molecule has 0 unspecified atom stereocenters.